The summed E-state index contributed by atoms with van der Waals surface area (Å²) >= 11 is 0. The SMILES string of the molecule is CCC(C)CS(=O)(=O)CCNCCN(CC)CC. The summed E-state index contributed by atoms with van der Waals surface area (Å²) in [5, 5.41) is 3.21. The Morgan fingerprint density at radius 1 is 1.11 bits per heavy atom. The molecule has 18 heavy (non-hydrogen) atoms. The second-order valence-corrected chi connectivity index (χ2v) is 7.13. The summed E-state index contributed by atoms with van der Waals surface area (Å²) < 4.78 is 23.5. The highest BCUT2D eigenvalue weighted by molar-refractivity contribution is 7.91. The van der Waals surface area contributed by atoms with Gasteiger partial charge in [0.05, 0.1) is 11.5 Å². The van der Waals surface area contributed by atoms with Gasteiger partial charge < -0.3 is 10.2 Å². The third-order valence-corrected chi connectivity index (χ3v) is 5.23. The Morgan fingerprint density at radius 2 is 1.72 bits per heavy atom. The summed E-state index contributed by atoms with van der Waals surface area (Å²) in [6.07, 6.45) is 0.925. The molecule has 0 saturated heterocycles. The maximum Gasteiger partial charge on any atom is 0.151 e. The highest BCUT2D eigenvalue weighted by Crippen LogP contribution is 2.05. The number of rotatable bonds is 11. The fourth-order valence-corrected chi connectivity index (χ4v) is 3.49. The molecule has 1 N–H and O–H groups in total. The molecule has 0 amide bonds. The van der Waals surface area contributed by atoms with Gasteiger partial charge in [0.1, 0.15) is 0 Å². The van der Waals surface area contributed by atoms with Crippen molar-refractivity contribution in [2.75, 3.05) is 44.2 Å². The van der Waals surface area contributed by atoms with Crippen molar-refractivity contribution in [2.24, 2.45) is 5.92 Å². The molecule has 0 spiro atoms. The van der Waals surface area contributed by atoms with Crippen LogP contribution in [-0.2, 0) is 9.84 Å². The Labute approximate surface area is 113 Å². The van der Waals surface area contributed by atoms with Gasteiger partial charge in [0.15, 0.2) is 9.84 Å². The number of likely N-dealkylation sites (N-methyl/N-ethyl adjacent to an activating group) is 1. The smallest absolute Gasteiger partial charge is 0.151 e. The molecular weight excluding hydrogens is 248 g/mol. The largest absolute Gasteiger partial charge is 0.314 e. The average Bonchev–Trinajstić information content (AvgIpc) is 2.33. The van der Waals surface area contributed by atoms with Gasteiger partial charge in [-0.05, 0) is 19.0 Å². The van der Waals surface area contributed by atoms with E-state index < -0.39 is 9.84 Å². The lowest BCUT2D eigenvalue weighted by atomic mass is 10.2. The van der Waals surface area contributed by atoms with Gasteiger partial charge in [-0.3, -0.25) is 0 Å². The molecule has 1 atom stereocenters. The molecule has 0 aliphatic carbocycles. The van der Waals surface area contributed by atoms with Crippen molar-refractivity contribution < 1.29 is 8.42 Å². The van der Waals surface area contributed by atoms with Crippen LogP contribution in [0.25, 0.3) is 0 Å². The minimum absolute atomic E-state index is 0.260. The minimum Gasteiger partial charge on any atom is -0.314 e. The summed E-state index contributed by atoms with van der Waals surface area (Å²) in [6, 6.07) is 0. The van der Waals surface area contributed by atoms with Crippen molar-refractivity contribution >= 4 is 9.84 Å². The molecule has 0 saturated carbocycles. The molecule has 0 radical (unpaired) electrons. The summed E-state index contributed by atoms with van der Waals surface area (Å²) in [5.41, 5.74) is 0. The Hall–Kier alpha value is -0.130. The first kappa shape index (κ1) is 17.9. The van der Waals surface area contributed by atoms with Crippen LogP contribution in [0.1, 0.15) is 34.1 Å². The molecule has 0 aromatic rings. The lowest BCUT2D eigenvalue weighted by Crippen LogP contribution is -2.34. The van der Waals surface area contributed by atoms with E-state index in [1.165, 1.54) is 0 Å². The van der Waals surface area contributed by atoms with E-state index >= 15 is 0 Å². The molecule has 5 heteroatoms. The third kappa shape index (κ3) is 8.89. The van der Waals surface area contributed by atoms with Crippen molar-refractivity contribution in [3.05, 3.63) is 0 Å². The molecule has 0 aromatic heterocycles. The molecule has 4 nitrogen and oxygen atoms in total. The van der Waals surface area contributed by atoms with E-state index in [9.17, 15) is 8.42 Å². The van der Waals surface area contributed by atoms with Crippen LogP contribution in [0, 0.1) is 5.92 Å². The monoisotopic (exact) mass is 278 g/mol. The Kier molecular flexibility index (Phi) is 9.68. The molecule has 0 aliphatic rings. The van der Waals surface area contributed by atoms with Crippen LogP contribution in [0.15, 0.2) is 0 Å². The van der Waals surface area contributed by atoms with Gasteiger partial charge in [-0.2, -0.15) is 0 Å². The predicted octanol–water partition coefficient (Wildman–Crippen LogP) is 1.38. The van der Waals surface area contributed by atoms with E-state index in [4.69, 9.17) is 0 Å². The van der Waals surface area contributed by atoms with Crippen LogP contribution < -0.4 is 5.32 Å². The molecule has 0 heterocycles. The van der Waals surface area contributed by atoms with Gasteiger partial charge >= 0.3 is 0 Å². The maximum atomic E-state index is 11.8. The molecule has 0 rings (SSSR count). The van der Waals surface area contributed by atoms with Gasteiger partial charge in [0.2, 0.25) is 0 Å². The van der Waals surface area contributed by atoms with Gasteiger partial charge in [-0.25, -0.2) is 8.42 Å². The highest BCUT2D eigenvalue weighted by atomic mass is 32.2. The lowest BCUT2D eigenvalue weighted by molar-refractivity contribution is 0.303. The molecule has 0 aromatic carbocycles. The lowest BCUT2D eigenvalue weighted by Gasteiger charge is -2.18. The van der Waals surface area contributed by atoms with Gasteiger partial charge in [-0.1, -0.05) is 34.1 Å². The number of hydrogen-bond acceptors (Lipinski definition) is 4. The minimum atomic E-state index is -2.88. The zero-order valence-electron chi connectivity index (χ0n) is 12.4. The molecule has 0 fully saturated rings. The first-order valence-electron chi connectivity index (χ1n) is 7.08. The second kappa shape index (κ2) is 9.75. The van der Waals surface area contributed by atoms with Crippen LogP contribution in [0.4, 0.5) is 0 Å². The van der Waals surface area contributed by atoms with E-state index in [1.807, 2.05) is 13.8 Å². The van der Waals surface area contributed by atoms with Gasteiger partial charge in [0.25, 0.3) is 0 Å². The maximum absolute atomic E-state index is 11.8. The number of nitrogens with zero attached hydrogens (tertiary/aromatic N) is 1. The first-order valence-corrected chi connectivity index (χ1v) is 8.90. The number of nitrogens with one attached hydrogen (secondary N) is 1. The van der Waals surface area contributed by atoms with Crippen LogP contribution >= 0.6 is 0 Å². The standard InChI is InChI=1S/C13H30N2O2S/c1-5-13(4)12-18(16,17)11-9-14-8-10-15(6-2)7-3/h13-14H,5-12H2,1-4H3. The van der Waals surface area contributed by atoms with Crippen molar-refractivity contribution in [2.45, 2.75) is 34.1 Å². The average molecular weight is 278 g/mol. The third-order valence-electron chi connectivity index (χ3n) is 3.32. The second-order valence-electron chi connectivity index (χ2n) is 4.90. The van der Waals surface area contributed by atoms with E-state index in [0.717, 1.165) is 32.6 Å². The highest BCUT2D eigenvalue weighted by Gasteiger charge is 2.14. The molecule has 0 aliphatic heterocycles. The summed E-state index contributed by atoms with van der Waals surface area (Å²) in [4.78, 5) is 2.32. The normalized spacial score (nSPS) is 14.1. The topological polar surface area (TPSA) is 49.4 Å². The Morgan fingerprint density at radius 3 is 2.22 bits per heavy atom. The van der Waals surface area contributed by atoms with Crippen molar-refractivity contribution in [3.8, 4) is 0 Å². The van der Waals surface area contributed by atoms with E-state index in [1.54, 1.807) is 0 Å². The molecular formula is C13H30N2O2S. The molecule has 1 unspecified atom stereocenters. The fourth-order valence-electron chi connectivity index (χ4n) is 1.76. The van der Waals surface area contributed by atoms with E-state index in [2.05, 4.69) is 24.1 Å². The van der Waals surface area contributed by atoms with Gasteiger partial charge in [-0.15, -0.1) is 0 Å². The van der Waals surface area contributed by atoms with Crippen molar-refractivity contribution in [3.63, 3.8) is 0 Å². The Balaban J connectivity index is 3.71. The predicted molar refractivity (Wildman–Crippen MR) is 78.8 cm³/mol. The van der Waals surface area contributed by atoms with Crippen molar-refractivity contribution in [1.29, 1.82) is 0 Å². The Bertz CT molecular complexity index is 287. The van der Waals surface area contributed by atoms with E-state index in [-0.39, 0.29) is 11.7 Å². The first-order chi connectivity index (χ1) is 8.45. The van der Waals surface area contributed by atoms with Crippen LogP contribution in [0.3, 0.4) is 0 Å². The summed E-state index contributed by atoms with van der Waals surface area (Å²) in [6.45, 7) is 12.8. The summed E-state index contributed by atoms with van der Waals surface area (Å²) in [7, 11) is -2.88. The zero-order valence-corrected chi connectivity index (χ0v) is 13.2. The number of hydrogen-bond donors (Lipinski definition) is 1. The quantitative estimate of drug-likeness (QED) is 0.580. The number of sulfone groups is 1. The summed E-state index contributed by atoms with van der Waals surface area (Å²) in [5.74, 6) is 0.849. The van der Waals surface area contributed by atoms with Gasteiger partial charge in [0, 0.05) is 19.6 Å². The fraction of sp³-hybridized carbons (Fsp3) is 1.00. The molecule has 110 valence electrons. The van der Waals surface area contributed by atoms with E-state index in [0.29, 0.717) is 12.3 Å². The zero-order chi connectivity index (χ0) is 14.0. The van der Waals surface area contributed by atoms with Crippen molar-refractivity contribution in [1.82, 2.24) is 10.2 Å². The van der Waals surface area contributed by atoms with Crippen LogP contribution in [0.5, 0.6) is 0 Å². The van der Waals surface area contributed by atoms with Crippen LogP contribution in [-0.4, -0.2) is 57.5 Å². The molecule has 0 bridgehead atoms. The van der Waals surface area contributed by atoms with Crippen LogP contribution in [0.2, 0.25) is 0 Å².